The molecular weight excluding hydrogens is 271 g/mol. The van der Waals surface area contributed by atoms with E-state index in [2.05, 4.69) is 5.10 Å². The van der Waals surface area contributed by atoms with E-state index in [0.717, 1.165) is 16.6 Å². The zero-order valence-electron chi connectivity index (χ0n) is 11.4. The van der Waals surface area contributed by atoms with Gasteiger partial charge in [0.1, 0.15) is 5.82 Å². The lowest BCUT2D eigenvalue weighted by Crippen LogP contribution is -2.08. The van der Waals surface area contributed by atoms with Crippen molar-refractivity contribution in [3.05, 3.63) is 59.7 Å². The van der Waals surface area contributed by atoms with Gasteiger partial charge < -0.3 is 5.11 Å². The number of aliphatic carboxylic acids is 1. The van der Waals surface area contributed by atoms with Gasteiger partial charge in [-0.2, -0.15) is 5.10 Å². The molecule has 3 rings (SSSR count). The Hall–Kier alpha value is -2.69. The van der Waals surface area contributed by atoms with Gasteiger partial charge in [-0.25, -0.2) is 8.91 Å². The molecule has 3 aromatic rings. The second-order valence-corrected chi connectivity index (χ2v) is 4.85. The molecule has 0 radical (unpaired) electrons. The standard InChI is InChI=1S/C16H13FN2O2/c1-10-13(9-15(20)21)16(11-4-6-12(17)7-5-11)14-3-2-8-19(14)18-10/h2-8H,9H2,1H3,(H,20,21). The van der Waals surface area contributed by atoms with Crippen LogP contribution in [0.3, 0.4) is 0 Å². The maximum absolute atomic E-state index is 13.1. The van der Waals surface area contributed by atoms with Gasteiger partial charge in [0.2, 0.25) is 0 Å². The Morgan fingerprint density at radius 3 is 2.67 bits per heavy atom. The molecule has 4 nitrogen and oxygen atoms in total. The van der Waals surface area contributed by atoms with Gasteiger partial charge in [-0.1, -0.05) is 12.1 Å². The van der Waals surface area contributed by atoms with Crippen LogP contribution in [0.15, 0.2) is 42.6 Å². The van der Waals surface area contributed by atoms with E-state index in [1.54, 1.807) is 29.8 Å². The number of rotatable bonds is 3. The van der Waals surface area contributed by atoms with Crippen molar-refractivity contribution in [3.63, 3.8) is 0 Å². The topological polar surface area (TPSA) is 54.6 Å². The van der Waals surface area contributed by atoms with Gasteiger partial charge in [0.25, 0.3) is 0 Å². The van der Waals surface area contributed by atoms with E-state index in [4.69, 9.17) is 5.11 Å². The van der Waals surface area contributed by atoms with Crippen molar-refractivity contribution >= 4 is 11.5 Å². The van der Waals surface area contributed by atoms with Crippen LogP contribution in [0.2, 0.25) is 0 Å². The molecule has 0 spiro atoms. The molecule has 0 aliphatic heterocycles. The van der Waals surface area contributed by atoms with Crippen molar-refractivity contribution in [2.45, 2.75) is 13.3 Å². The van der Waals surface area contributed by atoms with Crippen molar-refractivity contribution in [1.29, 1.82) is 0 Å². The molecule has 0 amide bonds. The van der Waals surface area contributed by atoms with E-state index in [1.807, 2.05) is 12.1 Å². The molecule has 0 bridgehead atoms. The van der Waals surface area contributed by atoms with Crippen LogP contribution < -0.4 is 0 Å². The van der Waals surface area contributed by atoms with E-state index in [-0.39, 0.29) is 12.2 Å². The van der Waals surface area contributed by atoms with E-state index in [1.165, 1.54) is 12.1 Å². The monoisotopic (exact) mass is 284 g/mol. The Bertz CT molecular complexity index is 822. The molecule has 0 saturated carbocycles. The number of halogens is 1. The lowest BCUT2D eigenvalue weighted by molar-refractivity contribution is -0.136. The fourth-order valence-corrected chi connectivity index (χ4v) is 2.52. The van der Waals surface area contributed by atoms with Crippen LogP contribution in [0.1, 0.15) is 11.3 Å². The number of nitrogens with zero attached hydrogens (tertiary/aromatic N) is 2. The van der Waals surface area contributed by atoms with E-state index < -0.39 is 5.97 Å². The highest BCUT2D eigenvalue weighted by Crippen LogP contribution is 2.30. The van der Waals surface area contributed by atoms with Crippen LogP contribution in [0.25, 0.3) is 16.6 Å². The number of carboxylic acid groups (broad SMARTS) is 1. The largest absolute Gasteiger partial charge is 0.481 e. The molecule has 2 heterocycles. The summed E-state index contributed by atoms with van der Waals surface area (Å²) in [5, 5.41) is 13.5. The number of hydrogen-bond acceptors (Lipinski definition) is 2. The summed E-state index contributed by atoms with van der Waals surface area (Å²) in [4.78, 5) is 11.1. The fraction of sp³-hybridized carbons (Fsp3) is 0.125. The summed E-state index contributed by atoms with van der Waals surface area (Å²) in [5.74, 6) is -1.24. The summed E-state index contributed by atoms with van der Waals surface area (Å²) in [6.07, 6.45) is 1.69. The lowest BCUT2D eigenvalue weighted by atomic mass is 9.96. The predicted octanol–water partition coefficient (Wildman–Crippen LogP) is 3.08. The molecular formula is C16H13FN2O2. The summed E-state index contributed by atoms with van der Waals surface area (Å²) in [6.45, 7) is 1.78. The minimum absolute atomic E-state index is 0.118. The van der Waals surface area contributed by atoms with E-state index in [9.17, 15) is 9.18 Å². The third-order valence-electron chi connectivity index (χ3n) is 3.44. The van der Waals surface area contributed by atoms with Crippen molar-refractivity contribution in [2.24, 2.45) is 0 Å². The first kappa shape index (κ1) is 13.3. The Morgan fingerprint density at radius 2 is 2.00 bits per heavy atom. The van der Waals surface area contributed by atoms with Crippen molar-refractivity contribution in [3.8, 4) is 11.1 Å². The molecule has 106 valence electrons. The molecule has 2 aromatic heterocycles. The van der Waals surface area contributed by atoms with Gasteiger partial charge in [0, 0.05) is 11.8 Å². The van der Waals surface area contributed by atoms with Gasteiger partial charge >= 0.3 is 5.97 Å². The summed E-state index contributed by atoms with van der Waals surface area (Å²) >= 11 is 0. The van der Waals surface area contributed by atoms with E-state index >= 15 is 0 Å². The second kappa shape index (κ2) is 5.01. The van der Waals surface area contributed by atoms with Crippen LogP contribution in [0.4, 0.5) is 4.39 Å². The van der Waals surface area contributed by atoms with Crippen molar-refractivity contribution < 1.29 is 14.3 Å². The summed E-state index contributed by atoms with van der Waals surface area (Å²) in [6, 6.07) is 9.77. The Morgan fingerprint density at radius 1 is 1.29 bits per heavy atom. The van der Waals surface area contributed by atoms with Crippen LogP contribution in [0, 0.1) is 12.7 Å². The number of fused-ring (bicyclic) bond motifs is 1. The van der Waals surface area contributed by atoms with Crippen molar-refractivity contribution in [1.82, 2.24) is 9.61 Å². The van der Waals surface area contributed by atoms with Gasteiger partial charge in [-0.15, -0.1) is 0 Å². The number of hydrogen-bond donors (Lipinski definition) is 1. The van der Waals surface area contributed by atoms with Crippen molar-refractivity contribution in [2.75, 3.05) is 0 Å². The quantitative estimate of drug-likeness (QED) is 0.804. The zero-order chi connectivity index (χ0) is 15.0. The summed E-state index contributed by atoms with van der Waals surface area (Å²) < 4.78 is 14.8. The number of carboxylic acids is 1. The van der Waals surface area contributed by atoms with Crippen LogP contribution >= 0.6 is 0 Å². The Kier molecular flexibility index (Phi) is 3.17. The van der Waals surface area contributed by atoms with Gasteiger partial charge in [-0.3, -0.25) is 4.79 Å². The number of aryl methyl sites for hydroxylation is 1. The molecule has 0 fully saturated rings. The first-order chi connectivity index (χ1) is 10.1. The highest BCUT2D eigenvalue weighted by molar-refractivity contribution is 5.86. The molecule has 5 heteroatoms. The maximum Gasteiger partial charge on any atom is 0.307 e. The zero-order valence-corrected chi connectivity index (χ0v) is 11.4. The number of carbonyl (C=O) groups is 1. The molecule has 0 aliphatic carbocycles. The first-order valence-electron chi connectivity index (χ1n) is 6.51. The minimum atomic E-state index is -0.917. The van der Waals surface area contributed by atoms with Crippen LogP contribution in [-0.2, 0) is 11.2 Å². The highest BCUT2D eigenvalue weighted by Gasteiger charge is 2.17. The molecule has 1 aromatic carbocycles. The summed E-state index contributed by atoms with van der Waals surface area (Å²) in [5.41, 5.74) is 3.68. The molecule has 1 N–H and O–H groups in total. The fourth-order valence-electron chi connectivity index (χ4n) is 2.52. The second-order valence-electron chi connectivity index (χ2n) is 4.85. The smallest absolute Gasteiger partial charge is 0.307 e. The maximum atomic E-state index is 13.1. The Balaban J connectivity index is 2.33. The molecule has 0 aliphatic rings. The molecule has 0 saturated heterocycles. The number of benzene rings is 1. The molecule has 21 heavy (non-hydrogen) atoms. The third-order valence-corrected chi connectivity index (χ3v) is 3.44. The molecule has 0 unspecified atom stereocenters. The normalized spacial score (nSPS) is 11.0. The Labute approximate surface area is 120 Å². The third kappa shape index (κ3) is 2.38. The van der Waals surface area contributed by atoms with Gasteiger partial charge in [0.15, 0.2) is 0 Å². The average Bonchev–Trinajstić information content (AvgIpc) is 2.88. The predicted molar refractivity (Wildman–Crippen MR) is 76.7 cm³/mol. The van der Waals surface area contributed by atoms with E-state index in [0.29, 0.717) is 11.3 Å². The van der Waals surface area contributed by atoms with Gasteiger partial charge in [-0.05, 0) is 42.3 Å². The lowest BCUT2D eigenvalue weighted by Gasteiger charge is -2.13. The number of aromatic nitrogens is 2. The highest BCUT2D eigenvalue weighted by atomic mass is 19.1. The minimum Gasteiger partial charge on any atom is -0.481 e. The summed E-state index contributed by atoms with van der Waals surface area (Å²) in [7, 11) is 0. The molecule has 0 atom stereocenters. The SMILES string of the molecule is Cc1nn2cccc2c(-c2ccc(F)cc2)c1CC(=O)O. The average molecular weight is 284 g/mol. The first-order valence-corrected chi connectivity index (χ1v) is 6.51. The van der Waals surface area contributed by atoms with Crippen LogP contribution in [-0.4, -0.2) is 20.7 Å². The van der Waals surface area contributed by atoms with Gasteiger partial charge in [0.05, 0.1) is 17.6 Å². The van der Waals surface area contributed by atoms with Crippen LogP contribution in [0.5, 0.6) is 0 Å².